The van der Waals surface area contributed by atoms with Crippen LogP contribution in [0.25, 0.3) is 6.08 Å². The number of anilines is 1. The van der Waals surface area contributed by atoms with Crippen molar-refractivity contribution in [2.24, 2.45) is 0 Å². The minimum atomic E-state index is -0.494. The van der Waals surface area contributed by atoms with Gasteiger partial charge in [0.25, 0.3) is 0 Å². The first-order chi connectivity index (χ1) is 16.5. The average molecular weight is 474 g/mol. The fourth-order valence-electron chi connectivity index (χ4n) is 3.50. The molecule has 2 aromatic carbocycles. The van der Waals surface area contributed by atoms with Crippen LogP contribution in [0.4, 0.5) is 5.69 Å². The first-order valence-corrected chi connectivity index (χ1v) is 12.2. The van der Waals surface area contributed by atoms with Gasteiger partial charge < -0.3 is 15.0 Å². The number of carbonyl (C=O) groups is 2. The number of aryl methyl sites for hydroxylation is 2. The number of carbonyl (C=O) groups excluding carboxylic acids is 2. The molecular weight excluding hydrogens is 446 g/mol. The fourth-order valence-corrected chi connectivity index (χ4v) is 4.66. The number of thioether (sulfide) groups is 1. The molecule has 2 heterocycles. The molecule has 0 spiro atoms. The quantitative estimate of drug-likeness (QED) is 0.498. The van der Waals surface area contributed by atoms with Crippen molar-refractivity contribution in [2.75, 3.05) is 16.9 Å². The highest BCUT2D eigenvalue weighted by molar-refractivity contribution is 7.99. The highest BCUT2D eigenvalue weighted by Crippen LogP contribution is 2.24. The van der Waals surface area contributed by atoms with E-state index in [0.29, 0.717) is 18.2 Å². The Morgan fingerprint density at radius 2 is 1.94 bits per heavy atom. The molecule has 1 N–H and O–H groups in total. The molecule has 2 amide bonds. The minimum absolute atomic E-state index is 0.163. The number of amides is 2. The van der Waals surface area contributed by atoms with Gasteiger partial charge in [0.1, 0.15) is 18.4 Å². The second-order valence-electron chi connectivity index (χ2n) is 8.12. The number of nitrogens with zero attached hydrogens (tertiary/aromatic N) is 2. The molecule has 3 aromatic rings. The number of benzene rings is 2. The normalized spacial score (nSPS) is 15.5. The third-order valence-corrected chi connectivity index (χ3v) is 6.67. The summed E-state index contributed by atoms with van der Waals surface area (Å²) in [4.78, 5) is 31.5. The Kier molecular flexibility index (Phi) is 7.65. The molecule has 1 unspecified atom stereocenters. The molecule has 174 valence electrons. The van der Waals surface area contributed by atoms with E-state index in [0.717, 1.165) is 28.3 Å². The molecule has 1 aliphatic rings. The summed E-state index contributed by atoms with van der Waals surface area (Å²) in [6.45, 7) is 4.44. The summed E-state index contributed by atoms with van der Waals surface area (Å²) in [5, 5.41) is 2.95. The lowest BCUT2D eigenvalue weighted by Gasteiger charge is -2.22. The van der Waals surface area contributed by atoms with Gasteiger partial charge in [-0.1, -0.05) is 24.3 Å². The highest BCUT2D eigenvalue weighted by atomic mass is 32.2. The van der Waals surface area contributed by atoms with Crippen molar-refractivity contribution in [3.63, 3.8) is 0 Å². The molecule has 0 saturated carbocycles. The monoisotopic (exact) mass is 473 g/mol. The molecule has 6 nitrogen and oxygen atoms in total. The van der Waals surface area contributed by atoms with E-state index < -0.39 is 6.04 Å². The van der Waals surface area contributed by atoms with Gasteiger partial charge in [-0.2, -0.15) is 0 Å². The molecule has 1 fully saturated rings. The summed E-state index contributed by atoms with van der Waals surface area (Å²) in [6, 6.07) is 18.5. The molecule has 1 aliphatic heterocycles. The average Bonchev–Trinajstić information content (AvgIpc) is 3.35. The first kappa shape index (κ1) is 23.6. The number of rotatable bonds is 7. The second-order valence-corrected chi connectivity index (χ2v) is 9.12. The van der Waals surface area contributed by atoms with Crippen LogP contribution in [0.1, 0.15) is 22.4 Å². The van der Waals surface area contributed by atoms with Crippen LogP contribution in [0.2, 0.25) is 0 Å². The van der Waals surface area contributed by atoms with Gasteiger partial charge in [-0.3, -0.25) is 14.6 Å². The molecule has 0 bridgehead atoms. The first-order valence-electron chi connectivity index (χ1n) is 11.1. The second kappa shape index (κ2) is 11.0. The molecular formula is C27H27N3O3S. The zero-order chi connectivity index (χ0) is 23.9. The van der Waals surface area contributed by atoms with E-state index in [-0.39, 0.29) is 11.8 Å². The van der Waals surface area contributed by atoms with Gasteiger partial charge in [0.15, 0.2) is 0 Å². The van der Waals surface area contributed by atoms with Crippen LogP contribution in [-0.4, -0.2) is 39.4 Å². The van der Waals surface area contributed by atoms with Gasteiger partial charge in [0.05, 0.1) is 11.6 Å². The minimum Gasteiger partial charge on any atom is -0.487 e. The van der Waals surface area contributed by atoms with Crippen LogP contribution in [0.3, 0.4) is 0 Å². The Labute approximate surface area is 204 Å². The van der Waals surface area contributed by atoms with Crippen LogP contribution in [0.15, 0.2) is 72.9 Å². The molecule has 0 radical (unpaired) electrons. The predicted molar refractivity (Wildman–Crippen MR) is 137 cm³/mol. The molecule has 7 heteroatoms. The summed E-state index contributed by atoms with van der Waals surface area (Å²) >= 11 is 1.58. The maximum absolute atomic E-state index is 12.8. The lowest BCUT2D eigenvalue weighted by molar-refractivity contribution is -0.132. The lowest BCUT2D eigenvalue weighted by atomic mass is 10.1. The maximum Gasteiger partial charge on any atom is 0.248 e. The lowest BCUT2D eigenvalue weighted by Crippen LogP contribution is -2.43. The Hall–Kier alpha value is -3.58. The Balaban J connectivity index is 1.33. The van der Waals surface area contributed by atoms with E-state index in [1.807, 2.05) is 74.5 Å². The van der Waals surface area contributed by atoms with Gasteiger partial charge in [-0.25, -0.2) is 0 Å². The topological polar surface area (TPSA) is 71.5 Å². The van der Waals surface area contributed by atoms with E-state index in [1.165, 1.54) is 11.6 Å². The van der Waals surface area contributed by atoms with Crippen LogP contribution < -0.4 is 10.1 Å². The van der Waals surface area contributed by atoms with Crippen molar-refractivity contribution in [3.05, 3.63) is 95.3 Å². The Morgan fingerprint density at radius 3 is 2.68 bits per heavy atom. The summed E-state index contributed by atoms with van der Waals surface area (Å²) in [5.41, 5.74) is 4.77. The van der Waals surface area contributed by atoms with Crippen LogP contribution >= 0.6 is 11.8 Å². The van der Waals surface area contributed by atoms with Crippen molar-refractivity contribution in [3.8, 4) is 5.75 Å². The van der Waals surface area contributed by atoms with E-state index >= 15 is 0 Å². The van der Waals surface area contributed by atoms with Gasteiger partial charge in [-0.05, 0) is 73.0 Å². The van der Waals surface area contributed by atoms with E-state index in [9.17, 15) is 9.59 Å². The third-order valence-electron chi connectivity index (χ3n) is 5.65. The number of hydrogen-bond acceptors (Lipinski definition) is 5. The zero-order valence-corrected chi connectivity index (χ0v) is 20.0. The number of nitrogens with one attached hydrogen (secondary N) is 1. The summed E-state index contributed by atoms with van der Waals surface area (Å²) < 4.78 is 5.75. The molecule has 1 aromatic heterocycles. The maximum atomic E-state index is 12.8. The van der Waals surface area contributed by atoms with Crippen molar-refractivity contribution in [2.45, 2.75) is 26.5 Å². The molecule has 0 aliphatic carbocycles. The highest BCUT2D eigenvalue weighted by Gasteiger charge is 2.33. The number of hydrogen-bond donors (Lipinski definition) is 1. The Morgan fingerprint density at radius 1 is 1.12 bits per heavy atom. The van der Waals surface area contributed by atoms with Crippen LogP contribution in [-0.2, 0) is 16.2 Å². The summed E-state index contributed by atoms with van der Waals surface area (Å²) in [7, 11) is 0. The van der Waals surface area contributed by atoms with Gasteiger partial charge >= 0.3 is 0 Å². The van der Waals surface area contributed by atoms with Crippen molar-refractivity contribution >= 4 is 35.3 Å². The van der Waals surface area contributed by atoms with Gasteiger partial charge in [0, 0.05) is 23.7 Å². The smallest absolute Gasteiger partial charge is 0.248 e. The summed E-state index contributed by atoms with van der Waals surface area (Å²) in [5.74, 6) is 1.46. The van der Waals surface area contributed by atoms with Crippen molar-refractivity contribution in [1.82, 2.24) is 9.88 Å². The van der Waals surface area contributed by atoms with E-state index in [1.54, 1.807) is 28.9 Å². The van der Waals surface area contributed by atoms with E-state index in [2.05, 4.69) is 10.3 Å². The SMILES string of the molecule is Cc1ccc(NC(=O)C2CSCN2C(=O)/C=C/c2ccc(OCc3ccccn3)cc2)cc1C. The van der Waals surface area contributed by atoms with E-state index in [4.69, 9.17) is 4.74 Å². The molecule has 1 atom stereocenters. The third kappa shape index (κ3) is 6.05. The Bertz CT molecular complexity index is 1180. The number of ether oxygens (including phenoxy) is 1. The van der Waals surface area contributed by atoms with Gasteiger partial charge in [-0.15, -0.1) is 11.8 Å². The molecule has 1 saturated heterocycles. The fraction of sp³-hybridized carbons (Fsp3) is 0.222. The standard InChI is InChI=1S/C27H27N3O3S/c1-19-6-10-22(15-20(19)2)29-27(32)25-17-34-18-30(25)26(31)13-9-21-7-11-24(12-8-21)33-16-23-5-3-4-14-28-23/h3-15,25H,16-18H2,1-2H3,(H,29,32)/b13-9+. The van der Waals surface area contributed by atoms with Crippen LogP contribution in [0.5, 0.6) is 5.75 Å². The molecule has 4 rings (SSSR count). The predicted octanol–water partition coefficient (Wildman–Crippen LogP) is 4.83. The zero-order valence-electron chi connectivity index (χ0n) is 19.2. The van der Waals surface area contributed by atoms with Gasteiger partial charge in [0.2, 0.25) is 11.8 Å². The number of pyridine rings is 1. The summed E-state index contributed by atoms with van der Waals surface area (Å²) in [6.07, 6.45) is 5.01. The van der Waals surface area contributed by atoms with Crippen molar-refractivity contribution in [1.29, 1.82) is 0 Å². The van der Waals surface area contributed by atoms with Crippen LogP contribution in [0, 0.1) is 13.8 Å². The van der Waals surface area contributed by atoms with Crippen molar-refractivity contribution < 1.29 is 14.3 Å². The number of aromatic nitrogens is 1. The molecule has 34 heavy (non-hydrogen) atoms. The largest absolute Gasteiger partial charge is 0.487 e.